The Hall–Kier alpha value is -3.12. The molecule has 1 aliphatic heterocycles. The summed E-state index contributed by atoms with van der Waals surface area (Å²) in [6.45, 7) is 6.58. The summed E-state index contributed by atoms with van der Waals surface area (Å²) in [5, 5.41) is 15.0. The Labute approximate surface area is 195 Å². The molecular formula is C21H29F3N6O4. The third-order valence-electron chi connectivity index (χ3n) is 5.85. The number of aromatic nitrogens is 2. The zero-order chi connectivity index (χ0) is 25.1. The van der Waals surface area contributed by atoms with Gasteiger partial charge in [-0.05, 0) is 24.2 Å². The van der Waals surface area contributed by atoms with E-state index in [1.165, 1.54) is 6.21 Å². The predicted molar refractivity (Wildman–Crippen MR) is 116 cm³/mol. The summed E-state index contributed by atoms with van der Waals surface area (Å²) in [4.78, 5) is 40.1. The minimum absolute atomic E-state index is 0.173. The molecule has 2 fully saturated rings. The molecule has 1 saturated carbocycles. The molecule has 2 heterocycles. The zero-order valence-corrected chi connectivity index (χ0v) is 19.2. The number of piperazine rings is 1. The lowest BCUT2D eigenvalue weighted by molar-refractivity contribution is -0.141. The second-order valence-electron chi connectivity index (χ2n) is 9.53. The number of hydrogen-bond acceptors (Lipinski definition) is 7. The molecule has 2 unspecified atom stereocenters. The number of anilines is 1. The molecule has 1 aliphatic carbocycles. The first-order valence-electron chi connectivity index (χ1n) is 10.9. The number of carbonyl (C=O) groups is 2. The molecule has 2 N–H and O–H groups in total. The van der Waals surface area contributed by atoms with Gasteiger partial charge in [0.05, 0.1) is 23.9 Å². The highest BCUT2D eigenvalue weighted by Gasteiger charge is 2.39. The maximum atomic E-state index is 12.9. The van der Waals surface area contributed by atoms with E-state index in [4.69, 9.17) is 9.94 Å². The molecule has 2 atom stereocenters. The summed E-state index contributed by atoms with van der Waals surface area (Å²) in [5.74, 6) is 0.0661. The fourth-order valence-corrected chi connectivity index (χ4v) is 3.79. The molecule has 2 aliphatic rings. The number of nitrogens with one attached hydrogen (secondary N) is 1. The van der Waals surface area contributed by atoms with Gasteiger partial charge in [-0.1, -0.05) is 25.9 Å². The third-order valence-corrected chi connectivity index (χ3v) is 5.85. The number of oxime groups is 1. The van der Waals surface area contributed by atoms with Crippen LogP contribution in [0, 0.1) is 11.3 Å². The Morgan fingerprint density at radius 1 is 1.26 bits per heavy atom. The van der Waals surface area contributed by atoms with Gasteiger partial charge in [-0.25, -0.2) is 14.8 Å². The van der Waals surface area contributed by atoms with Gasteiger partial charge in [0.1, 0.15) is 0 Å². The van der Waals surface area contributed by atoms with Gasteiger partial charge in [-0.3, -0.25) is 4.79 Å². The average Bonchev–Trinajstić information content (AvgIpc) is 3.59. The van der Waals surface area contributed by atoms with Crippen LogP contribution in [0.15, 0.2) is 17.5 Å². The number of carbonyl (C=O) groups excluding carboxylic acids is 1. The lowest BCUT2D eigenvalue weighted by atomic mass is 9.84. The number of hydrogen-bond donors (Lipinski definition) is 2. The minimum Gasteiger partial charge on any atom is -0.465 e. The molecule has 10 nitrogen and oxygen atoms in total. The maximum absolute atomic E-state index is 12.9. The fraction of sp³-hybridized carbons (Fsp3) is 0.667. The zero-order valence-electron chi connectivity index (χ0n) is 19.2. The highest BCUT2D eigenvalue weighted by molar-refractivity contribution is 5.78. The van der Waals surface area contributed by atoms with Crippen LogP contribution in [0.3, 0.4) is 0 Å². The second kappa shape index (κ2) is 10.0. The second-order valence-corrected chi connectivity index (χ2v) is 9.53. The Morgan fingerprint density at radius 3 is 2.44 bits per heavy atom. The van der Waals surface area contributed by atoms with Crippen molar-refractivity contribution in [3.8, 4) is 0 Å². The van der Waals surface area contributed by atoms with Crippen LogP contribution in [-0.2, 0) is 15.8 Å². The van der Waals surface area contributed by atoms with Crippen molar-refractivity contribution in [2.24, 2.45) is 16.5 Å². The molecule has 13 heteroatoms. The summed E-state index contributed by atoms with van der Waals surface area (Å²) in [7, 11) is 0. The van der Waals surface area contributed by atoms with E-state index in [1.54, 1.807) is 9.80 Å². The number of alkyl halides is 3. The van der Waals surface area contributed by atoms with Crippen LogP contribution >= 0.6 is 0 Å². The van der Waals surface area contributed by atoms with Crippen molar-refractivity contribution in [3.05, 3.63) is 18.0 Å². The van der Waals surface area contributed by atoms with Gasteiger partial charge < -0.3 is 25.1 Å². The van der Waals surface area contributed by atoms with Crippen LogP contribution in [0.5, 0.6) is 0 Å². The van der Waals surface area contributed by atoms with E-state index in [9.17, 15) is 22.8 Å². The van der Waals surface area contributed by atoms with Crippen molar-refractivity contribution >= 4 is 24.2 Å². The molecule has 0 spiro atoms. The van der Waals surface area contributed by atoms with Crippen LogP contribution in [0.4, 0.5) is 23.9 Å². The first kappa shape index (κ1) is 25.5. The van der Waals surface area contributed by atoms with Crippen molar-refractivity contribution < 1.29 is 32.7 Å². The summed E-state index contributed by atoms with van der Waals surface area (Å²) >= 11 is 0. The molecule has 1 aromatic rings. The van der Waals surface area contributed by atoms with Gasteiger partial charge in [-0.15, -0.1) is 0 Å². The average molecular weight is 486 g/mol. The Balaban J connectivity index is 1.60. The van der Waals surface area contributed by atoms with E-state index >= 15 is 0 Å². The minimum atomic E-state index is -4.51. The number of nitrogens with zero attached hydrogens (tertiary/aromatic N) is 5. The molecule has 1 aromatic heterocycles. The fourth-order valence-electron chi connectivity index (χ4n) is 3.79. The Kier molecular flexibility index (Phi) is 7.51. The predicted octanol–water partition coefficient (Wildman–Crippen LogP) is 2.61. The van der Waals surface area contributed by atoms with Gasteiger partial charge in [0.2, 0.25) is 5.95 Å². The van der Waals surface area contributed by atoms with Crippen LogP contribution in [0.25, 0.3) is 0 Å². The molecule has 1 saturated heterocycles. The lowest BCUT2D eigenvalue weighted by Gasteiger charge is -2.47. The molecule has 0 radical (unpaired) electrons. The Bertz CT molecular complexity index is 899. The lowest BCUT2D eigenvalue weighted by Crippen LogP contribution is -2.60. The molecule has 0 aromatic carbocycles. The van der Waals surface area contributed by atoms with Gasteiger partial charge in [0.15, 0.2) is 6.61 Å². The van der Waals surface area contributed by atoms with Crippen LogP contribution in [-0.4, -0.2) is 76.5 Å². The summed E-state index contributed by atoms with van der Waals surface area (Å²) in [6.07, 6.45) is -0.991. The van der Waals surface area contributed by atoms with E-state index in [-0.39, 0.29) is 35.8 Å². The molecular weight excluding hydrogens is 457 g/mol. The van der Waals surface area contributed by atoms with Gasteiger partial charge in [0, 0.05) is 32.0 Å². The summed E-state index contributed by atoms with van der Waals surface area (Å²) in [6, 6.07) is -0.734. The maximum Gasteiger partial charge on any atom is 0.419 e. The van der Waals surface area contributed by atoms with Crippen molar-refractivity contribution in [1.82, 2.24) is 20.2 Å². The van der Waals surface area contributed by atoms with E-state index < -0.39 is 23.9 Å². The molecule has 188 valence electrons. The number of rotatable bonds is 7. The molecule has 0 bridgehead atoms. The topological polar surface area (TPSA) is 120 Å². The summed E-state index contributed by atoms with van der Waals surface area (Å²) < 4.78 is 38.4. The number of amides is 2. The number of halogens is 3. The van der Waals surface area contributed by atoms with E-state index in [1.807, 2.05) is 20.8 Å². The van der Waals surface area contributed by atoms with E-state index in [0.29, 0.717) is 19.6 Å². The van der Waals surface area contributed by atoms with Crippen molar-refractivity contribution in [3.63, 3.8) is 0 Å². The van der Waals surface area contributed by atoms with Crippen molar-refractivity contribution in [1.29, 1.82) is 0 Å². The standard InChI is InChI=1S/C21H29F3N6O4/c1-20(2,3)16-11-29(18-25-8-14(9-26-18)21(22,23)24)6-7-30(16)17(31)12-34-27-10-15(13-4-5-13)28-19(32)33/h8-10,13,15-16,28H,4-7,11-12H2,1-3H3,(H,32,33). The van der Waals surface area contributed by atoms with Gasteiger partial charge in [0.25, 0.3) is 5.91 Å². The largest absolute Gasteiger partial charge is 0.465 e. The highest BCUT2D eigenvalue weighted by Crippen LogP contribution is 2.32. The first-order chi connectivity index (χ1) is 15.9. The van der Waals surface area contributed by atoms with Gasteiger partial charge >= 0.3 is 12.3 Å². The Morgan fingerprint density at radius 2 is 1.91 bits per heavy atom. The SMILES string of the molecule is CC(C)(C)C1CN(c2ncc(C(F)(F)F)cn2)CCN1C(=O)CON=CC(NC(=O)O)C1CC1. The quantitative estimate of drug-likeness (QED) is 0.449. The summed E-state index contributed by atoms with van der Waals surface area (Å²) in [5.41, 5.74) is -1.26. The van der Waals surface area contributed by atoms with Gasteiger partial charge in [-0.2, -0.15) is 13.2 Å². The van der Waals surface area contributed by atoms with E-state index in [0.717, 1.165) is 25.2 Å². The molecule has 3 rings (SSSR count). The van der Waals surface area contributed by atoms with Crippen molar-refractivity contribution in [2.75, 3.05) is 31.1 Å². The molecule has 34 heavy (non-hydrogen) atoms. The highest BCUT2D eigenvalue weighted by atomic mass is 19.4. The smallest absolute Gasteiger partial charge is 0.419 e. The third kappa shape index (κ3) is 6.70. The van der Waals surface area contributed by atoms with Crippen LogP contribution < -0.4 is 10.2 Å². The normalized spacial score (nSPS) is 20.4. The van der Waals surface area contributed by atoms with Crippen molar-refractivity contribution in [2.45, 2.75) is 51.9 Å². The monoisotopic (exact) mass is 486 g/mol. The first-order valence-corrected chi connectivity index (χ1v) is 10.9. The van der Waals surface area contributed by atoms with Crippen LogP contribution in [0.1, 0.15) is 39.2 Å². The molecule has 2 amide bonds. The van der Waals surface area contributed by atoms with E-state index in [2.05, 4.69) is 20.4 Å². The number of carboxylic acid groups (broad SMARTS) is 1. The van der Waals surface area contributed by atoms with Crippen LogP contribution in [0.2, 0.25) is 0 Å².